The van der Waals surface area contributed by atoms with Crippen LogP contribution in [-0.2, 0) is 20.7 Å². The average Bonchev–Trinajstić information content (AvgIpc) is 3.05. The van der Waals surface area contributed by atoms with E-state index in [-0.39, 0.29) is 11.9 Å². The summed E-state index contributed by atoms with van der Waals surface area (Å²) in [7, 11) is 1.36. The third-order valence-electron chi connectivity index (χ3n) is 5.26. The van der Waals surface area contributed by atoms with Crippen LogP contribution in [0.3, 0.4) is 0 Å². The maximum atomic E-state index is 12.6. The molecule has 24 heavy (non-hydrogen) atoms. The molecule has 5 heteroatoms. The highest BCUT2D eigenvalue weighted by molar-refractivity contribution is 5.88. The molecule has 1 saturated heterocycles. The van der Waals surface area contributed by atoms with Crippen molar-refractivity contribution in [1.82, 2.24) is 10.6 Å². The topological polar surface area (TPSA) is 67.4 Å². The van der Waals surface area contributed by atoms with Gasteiger partial charge in [-0.05, 0) is 30.7 Å². The molecule has 3 rings (SSSR count). The summed E-state index contributed by atoms with van der Waals surface area (Å²) >= 11 is 0. The number of fused-ring (bicyclic) bond motifs is 1. The minimum Gasteiger partial charge on any atom is -0.467 e. The van der Waals surface area contributed by atoms with Gasteiger partial charge in [-0.25, -0.2) is 4.79 Å². The number of methoxy groups -OCH3 is 1. The number of nitrogens with one attached hydrogen (secondary N) is 2. The second-order valence-corrected chi connectivity index (χ2v) is 6.88. The fourth-order valence-corrected chi connectivity index (χ4v) is 3.98. The van der Waals surface area contributed by atoms with E-state index in [1.165, 1.54) is 26.4 Å². The van der Waals surface area contributed by atoms with Crippen molar-refractivity contribution in [3.05, 3.63) is 35.9 Å². The summed E-state index contributed by atoms with van der Waals surface area (Å²) in [6.07, 6.45) is 6.16. The van der Waals surface area contributed by atoms with Gasteiger partial charge < -0.3 is 15.4 Å². The van der Waals surface area contributed by atoms with Crippen molar-refractivity contribution in [3.8, 4) is 0 Å². The molecule has 0 spiro atoms. The van der Waals surface area contributed by atoms with Crippen molar-refractivity contribution < 1.29 is 14.3 Å². The zero-order chi connectivity index (χ0) is 16.9. The Kier molecular flexibility index (Phi) is 5.51. The molecule has 1 aromatic carbocycles. The van der Waals surface area contributed by atoms with E-state index in [4.69, 9.17) is 4.74 Å². The van der Waals surface area contributed by atoms with Gasteiger partial charge in [0.25, 0.3) is 0 Å². The highest BCUT2D eigenvalue weighted by Gasteiger charge is 2.39. The van der Waals surface area contributed by atoms with Gasteiger partial charge in [-0.1, -0.05) is 43.2 Å². The van der Waals surface area contributed by atoms with Crippen LogP contribution in [0, 0.1) is 5.92 Å². The summed E-state index contributed by atoms with van der Waals surface area (Å²) in [4.78, 5) is 24.7. The minimum absolute atomic E-state index is 0.0873. The van der Waals surface area contributed by atoms with Gasteiger partial charge in [0.15, 0.2) is 0 Å². The van der Waals surface area contributed by atoms with E-state index < -0.39 is 12.0 Å². The summed E-state index contributed by atoms with van der Waals surface area (Å²) in [5.74, 6) is 0.110. The largest absolute Gasteiger partial charge is 0.467 e. The number of amides is 1. The lowest BCUT2D eigenvalue weighted by atomic mass is 9.85. The molecule has 2 fully saturated rings. The molecule has 0 radical (unpaired) electrons. The van der Waals surface area contributed by atoms with E-state index >= 15 is 0 Å². The lowest BCUT2D eigenvalue weighted by Gasteiger charge is -2.24. The van der Waals surface area contributed by atoms with Crippen LogP contribution in [-0.4, -0.2) is 37.1 Å². The van der Waals surface area contributed by atoms with Gasteiger partial charge in [0.1, 0.15) is 6.04 Å². The first-order valence-electron chi connectivity index (χ1n) is 8.85. The first kappa shape index (κ1) is 17.0. The van der Waals surface area contributed by atoms with Crippen LogP contribution in [0.2, 0.25) is 0 Å². The lowest BCUT2D eigenvalue weighted by Crippen LogP contribution is -2.50. The van der Waals surface area contributed by atoms with Gasteiger partial charge in [-0.3, -0.25) is 4.79 Å². The molecule has 2 aliphatic rings. The Labute approximate surface area is 143 Å². The van der Waals surface area contributed by atoms with Crippen molar-refractivity contribution in [2.24, 2.45) is 5.92 Å². The van der Waals surface area contributed by atoms with Crippen molar-refractivity contribution in [1.29, 1.82) is 0 Å². The van der Waals surface area contributed by atoms with E-state index in [9.17, 15) is 9.59 Å². The smallest absolute Gasteiger partial charge is 0.328 e. The second kappa shape index (κ2) is 7.79. The van der Waals surface area contributed by atoms with Gasteiger partial charge in [0, 0.05) is 12.5 Å². The standard InChI is InChI=1S/C19H26N2O3/c1-24-19(23)17(11-13-7-3-2-4-8-13)21-18(22)16-12-14-9-5-6-10-15(14)20-16/h2-4,7-8,14-17,20H,5-6,9-12H2,1H3,(H,21,22). The summed E-state index contributed by atoms with van der Waals surface area (Å²) < 4.78 is 4.87. The Bertz CT molecular complexity index is 561. The molecule has 1 aliphatic heterocycles. The molecule has 1 heterocycles. The van der Waals surface area contributed by atoms with Crippen LogP contribution < -0.4 is 10.6 Å². The molecule has 1 saturated carbocycles. The van der Waals surface area contributed by atoms with Crippen LogP contribution in [0.25, 0.3) is 0 Å². The Morgan fingerprint density at radius 2 is 2.00 bits per heavy atom. The average molecular weight is 330 g/mol. The molecule has 4 atom stereocenters. The molecular weight excluding hydrogens is 304 g/mol. The van der Waals surface area contributed by atoms with Gasteiger partial charge in [-0.15, -0.1) is 0 Å². The summed E-state index contributed by atoms with van der Waals surface area (Å²) in [5.41, 5.74) is 1.00. The zero-order valence-corrected chi connectivity index (χ0v) is 14.2. The fourth-order valence-electron chi connectivity index (χ4n) is 3.98. The number of esters is 1. The normalized spacial score (nSPS) is 27.1. The summed E-state index contributed by atoms with van der Waals surface area (Å²) in [5, 5.41) is 6.35. The van der Waals surface area contributed by atoms with E-state index in [0.717, 1.165) is 18.4 Å². The number of carbonyl (C=O) groups excluding carboxylic acids is 2. The van der Waals surface area contributed by atoms with E-state index in [1.54, 1.807) is 0 Å². The number of ether oxygens (including phenoxy) is 1. The lowest BCUT2D eigenvalue weighted by molar-refractivity contribution is -0.145. The van der Waals surface area contributed by atoms with E-state index in [0.29, 0.717) is 18.4 Å². The molecule has 0 bridgehead atoms. The Hall–Kier alpha value is -1.88. The van der Waals surface area contributed by atoms with Crippen LogP contribution in [0.4, 0.5) is 0 Å². The number of rotatable bonds is 5. The monoisotopic (exact) mass is 330 g/mol. The predicted molar refractivity (Wildman–Crippen MR) is 91.4 cm³/mol. The van der Waals surface area contributed by atoms with Gasteiger partial charge >= 0.3 is 5.97 Å². The molecule has 1 amide bonds. The van der Waals surface area contributed by atoms with Crippen LogP contribution in [0.15, 0.2) is 30.3 Å². The second-order valence-electron chi connectivity index (χ2n) is 6.88. The van der Waals surface area contributed by atoms with Crippen molar-refractivity contribution in [3.63, 3.8) is 0 Å². The molecule has 2 N–H and O–H groups in total. The first-order chi connectivity index (χ1) is 11.7. The third-order valence-corrected chi connectivity index (χ3v) is 5.26. The van der Waals surface area contributed by atoms with Gasteiger partial charge in [0.05, 0.1) is 13.2 Å². The number of hydrogen-bond donors (Lipinski definition) is 2. The van der Waals surface area contributed by atoms with E-state index in [1.807, 2.05) is 30.3 Å². The Morgan fingerprint density at radius 1 is 1.25 bits per heavy atom. The third kappa shape index (κ3) is 3.96. The van der Waals surface area contributed by atoms with Gasteiger partial charge in [0.2, 0.25) is 5.91 Å². The van der Waals surface area contributed by atoms with Crippen LogP contribution in [0.1, 0.15) is 37.7 Å². The van der Waals surface area contributed by atoms with Crippen molar-refractivity contribution in [2.75, 3.05) is 7.11 Å². The quantitative estimate of drug-likeness (QED) is 0.808. The van der Waals surface area contributed by atoms with E-state index in [2.05, 4.69) is 10.6 Å². The molecule has 0 aromatic heterocycles. The number of benzene rings is 1. The molecule has 4 unspecified atom stereocenters. The van der Waals surface area contributed by atoms with Gasteiger partial charge in [-0.2, -0.15) is 0 Å². The van der Waals surface area contributed by atoms with Crippen LogP contribution >= 0.6 is 0 Å². The molecule has 1 aromatic rings. The maximum Gasteiger partial charge on any atom is 0.328 e. The minimum atomic E-state index is -0.644. The Morgan fingerprint density at radius 3 is 2.71 bits per heavy atom. The van der Waals surface area contributed by atoms with Crippen molar-refractivity contribution >= 4 is 11.9 Å². The molecule has 5 nitrogen and oxygen atoms in total. The fraction of sp³-hybridized carbons (Fsp3) is 0.579. The zero-order valence-electron chi connectivity index (χ0n) is 14.2. The molecular formula is C19H26N2O3. The first-order valence-corrected chi connectivity index (χ1v) is 8.85. The Balaban J connectivity index is 1.62. The highest BCUT2D eigenvalue weighted by Crippen LogP contribution is 2.33. The molecule has 130 valence electrons. The van der Waals surface area contributed by atoms with Crippen molar-refractivity contribution in [2.45, 2.75) is 56.7 Å². The predicted octanol–water partition coefficient (Wildman–Crippen LogP) is 1.81. The maximum absolute atomic E-state index is 12.6. The summed E-state index contributed by atoms with van der Waals surface area (Å²) in [6.45, 7) is 0. The SMILES string of the molecule is COC(=O)C(Cc1ccccc1)NC(=O)C1CC2CCCCC2N1. The van der Waals surface area contributed by atoms with Crippen LogP contribution in [0.5, 0.6) is 0 Å². The summed E-state index contributed by atoms with van der Waals surface area (Å²) in [6, 6.07) is 9.30. The number of carbonyl (C=O) groups is 2. The number of hydrogen-bond acceptors (Lipinski definition) is 4. The molecule has 1 aliphatic carbocycles. The highest BCUT2D eigenvalue weighted by atomic mass is 16.5.